The van der Waals surface area contributed by atoms with E-state index in [1.54, 1.807) is 32.0 Å². The molecular weight excluding hydrogens is 235 g/mol. The highest BCUT2D eigenvalue weighted by atomic mass is 19.1. The lowest BCUT2D eigenvalue weighted by Crippen LogP contribution is -2.13. The summed E-state index contributed by atoms with van der Waals surface area (Å²) >= 11 is 0. The second kappa shape index (κ2) is 5.00. The molecular formula is C13H13FN2O2. The largest absolute Gasteiger partial charge is 0.448 e. The van der Waals surface area contributed by atoms with Gasteiger partial charge in [0.15, 0.2) is 0 Å². The van der Waals surface area contributed by atoms with Crippen molar-refractivity contribution in [3.63, 3.8) is 0 Å². The molecule has 0 saturated carbocycles. The van der Waals surface area contributed by atoms with Gasteiger partial charge in [-0.25, -0.2) is 9.18 Å². The van der Waals surface area contributed by atoms with Crippen molar-refractivity contribution in [3.8, 4) is 11.3 Å². The van der Waals surface area contributed by atoms with Gasteiger partial charge in [0, 0.05) is 11.8 Å². The molecule has 0 aliphatic rings. The van der Waals surface area contributed by atoms with Gasteiger partial charge in [-0.15, -0.1) is 0 Å². The van der Waals surface area contributed by atoms with E-state index in [9.17, 15) is 9.18 Å². The highest BCUT2D eigenvalue weighted by Gasteiger charge is 2.15. The van der Waals surface area contributed by atoms with Crippen LogP contribution in [-0.2, 0) is 4.74 Å². The van der Waals surface area contributed by atoms with Gasteiger partial charge in [0.05, 0.1) is 12.3 Å². The van der Waals surface area contributed by atoms with Crippen LogP contribution in [-0.4, -0.2) is 22.5 Å². The van der Waals surface area contributed by atoms with Crippen molar-refractivity contribution in [2.45, 2.75) is 13.8 Å². The van der Waals surface area contributed by atoms with E-state index in [0.717, 1.165) is 4.68 Å². The molecule has 4 nitrogen and oxygen atoms in total. The maximum absolute atomic E-state index is 13.6. The van der Waals surface area contributed by atoms with E-state index >= 15 is 0 Å². The third-order valence-corrected chi connectivity index (χ3v) is 2.48. The Hall–Kier alpha value is -2.17. The highest BCUT2D eigenvalue weighted by Crippen LogP contribution is 2.24. The van der Waals surface area contributed by atoms with Gasteiger partial charge in [-0.05, 0) is 31.5 Å². The summed E-state index contributed by atoms with van der Waals surface area (Å²) in [5.74, 6) is -0.366. The molecule has 2 aromatic rings. The molecule has 0 radical (unpaired) electrons. The minimum Gasteiger partial charge on any atom is -0.448 e. The maximum Gasteiger partial charge on any atom is 0.434 e. The minimum absolute atomic E-state index is 0.271. The van der Waals surface area contributed by atoms with Gasteiger partial charge in [0.2, 0.25) is 0 Å². The first-order valence-corrected chi connectivity index (χ1v) is 5.61. The summed E-state index contributed by atoms with van der Waals surface area (Å²) in [7, 11) is 0. The highest BCUT2D eigenvalue weighted by molar-refractivity contribution is 5.72. The first-order valence-electron chi connectivity index (χ1n) is 5.61. The van der Waals surface area contributed by atoms with E-state index in [2.05, 4.69) is 5.10 Å². The molecule has 1 aromatic heterocycles. The average molecular weight is 248 g/mol. The summed E-state index contributed by atoms with van der Waals surface area (Å²) in [4.78, 5) is 11.5. The van der Waals surface area contributed by atoms with Gasteiger partial charge in [-0.1, -0.05) is 12.1 Å². The SMILES string of the molecule is CCOC(=O)n1cc(C)c(-c2ccccc2F)n1. The molecule has 94 valence electrons. The molecule has 0 aliphatic carbocycles. The minimum atomic E-state index is -0.566. The van der Waals surface area contributed by atoms with E-state index in [0.29, 0.717) is 16.8 Å². The Labute approximate surface area is 104 Å². The zero-order valence-corrected chi connectivity index (χ0v) is 10.2. The van der Waals surface area contributed by atoms with Crippen molar-refractivity contribution in [1.29, 1.82) is 0 Å². The molecule has 0 bridgehead atoms. The number of benzene rings is 1. The fourth-order valence-electron chi connectivity index (χ4n) is 1.66. The summed E-state index contributed by atoms with van der Waals surface area (Å²) in [5, 5.41) is 4.06. The summed E-state index contributed by atoms with van der Waals surface area (Å²) in [6.45, 7) is 3.75. The first kappa shape index (κ1) is 12.3. The number of ether oxygens (including phenoxy) is 1. The number of aromatic nitrogens is 2. The molecule has 2 rings (SSSR count). The van der Waals surface area contributed by atoms with Crippen molar-refractivity contribution in [2.24, 2.45) is 0 Å². The number of halogens is 1. The molecule has 1 heterocycles. The summed E-state index contributed by atoms with van der Waals surface area (Å²) < 4.78 is 19.6. The number of hydrogen-bond donors (Lipinski definition) is 0. The van der Waals surface area contributed by atoms with E-state index in [1.165, 1.54) is 12.3 Å². The monoisotopic (exact) mass is 248 g/mol. The van der Waals surface area contributed by atoms with Gasteiger partial charge < -0.3 is 4.74 Å². The lowest BCUT2D eigenvalue weighted by atomic mass is 10.1. The molecule has 0 spiro atoms. The van der Waals surface area contributed by atoms with Crippen LogP contribution >= 0.6 is 0 Å². The quantitative estimate of drug-likeness (QED) is 0.820. The second-order valence-corrected chi connectivity index (χ2v) is 3.78. The van der Waals surface area contributed by atoms with Gasteiger partial charge in [-0.2, -0.15) is 9.78 Å². The van der Waals surface area contributed by atoms with E-state index in [-0.39, 0.29) is 12.4 Å². The van der Waals surface area contributed by atoms with Gasteiger partial charge >= 0.3 is 6.09 Å². The van der Waals surface area contributed by atoms with Crippen molar-refractivity contribution in [1.82, 2.24) is 9.78 Å². The fourth-order valence-corrected chi connectivity index (χ4v) is 1.66. The van der Waals surface area contributed by atoms with Crippen LogP contribution in [0.3, 0.4) is 0 Å². The van der Waals surface area contributed by atoms with Crippen LogP contribution in [0.5, 0.6) is 0 Å². The van der Waals surface area contributed by atoms with Gasteiger partial charge in [-0.3, -0.25) is 0 Å². The predicted octanol–water partition coefficient (Wildman–Crippen LogP) is 3.00. The van der Waals surface area contributed by atoms with Crippen molar-refractivity contribution in [2.75, 3.05) is 6.61 Å². The molecule has 0 N–H and O–H groups in total. The third kappa shape index (κ3) is 2.25. The molecule has 0 aliphatic heterocycles. The van der Waals surface area contributed by atoms with Gasteiger partial charge in [0.25, 0.3) is 0 Å². The van der Waals surface area contributed by atoms with Crippen LogP contribution in [0.25, 0.3) is 11.3 Å². The number of nitrogens with zero attached hydrogens (tertiary/aromatic N) is 2. The Morgan fingerprint density at radius 3 is 2.83 bits per heavy atom. The van der Waals surface area contributed by atoms with Crippen molar-refractivity contribution in [3.05, 3.63) is 41.8 Å². The smallest absolute Gasteiger partial charge is 0.434 e. The number of carbonyl (C=O) groups is 1. The fraction of sp³-hybridized carbons (Fsp3) is 0.231. The maximum atomic E-state index is 13.6. The third-order valence-electron chi connectivity index (χ3n) is 2.48. The zero-order valence-electron chi connectivity index (χ0n) is 10.2. The predicted molar refractivity (Wildman–Crippen MR) is 64.8 cm³/mol. The molecule has 0 fully saturated rings. The lowest BCUT2D eigenvalue weighted by Gasteiger charge is -2.01. The molecule has 5 heteroatoms. The van der Waals surface area contributed by atoms with Crippen LogP contribution in [0.15, 0.2) is 30.5 Å². The average Bonchev–Trinajstić information content (AvgIpc) is 2.72. The lowest BCUT2D eigenvalue weighted by molar-refractivity contribution is 0.150. The first-order chi connectivity index (χ1) is 8.63. The molecule has 0 unspecified atom stereocenters. The van der Waals surface area contributed by atoms with Crippen LogP contribution in [0.4, 0.5) is 9.18 Å². The molecule has 0 atom stereocenters. The number of carbonyl (C=O) groups excluding carboxylic acids is 1. The number of aryl methyl sites for hydroxylation is 1. The van der Waals surface area contributed by atoms with E-state index in [1.807, 2.05) is 0 Å². The van der Waals surface area contributed by atoms with Crippen molar-refractivity contribution >= 4 is 6.09 Å². The normalized spacial score (nSPS) is 10.4. The Bertz CT molecular complexity index is 578. The molecule has 0 amide bonds. The topological polar surface area (TPSA) is 44.1 Å². The summed E-state index contributed by atoms with van der Waals surface area (Å²) in [6, 6.07) is 6.32. The standard InChI is InChI=1S/C13H13FN2O2/c1-3-18-13(17)16-8-9(2)12(15-16)10-6-4-5-7-11(10)14/h4-8H,3H2,1-2H3. The Morgan fingerprint density at radius 1 is 1.44 bits per heavy atom. The number of rotatable bonds is 2. The van der Waals surface area contributed by atoms with Crippen molar-refractivity contribution < 1.29 is 13.9 Å². The second-order valence-electron chi connectivity index (χ2n) is 3.78. The van der Waals surface area contributed by atoms with Crippen LogP contribution in [0.2, 0.25) is 0 Å². The molecule has 0 saturated heterocycles. The summed E-state index contributed by atoms with van der Waals surface area (Å²) in [5.41, 5.74) is 1.53. The number of hydrogen-bond acceptors (Lipinski definition) is 3. The van der Waals surface area contributed by atoms with E-state index in [4.69, 9.17) is 4.74 Å². The Morgan fingerprint density at radius 2 is 2.17 bits per heavy atom. The summed E-state index contributed by atoms with van der Waals surface area (Å²) in [6.07, 6.45) is 0.961. The molecule has 18 heavy (non-hydrogen) atoms. The van der Waals surface area contributed by atoms with Crippen LogP contribution in [0, 0.1) is 12.7 Å². The Balaban J connectivity index is 2.42. The molecule has 1 aromatic carbocycles. The van der Waals surface area contributed by atoms with E-state index < -0.39 is 6.09 Å². The zero-order chi connectivity index (χ0) is 13.1. The van der Waals surface area contributed by atoms with Crippen LogP contribution in [0.1, 0.15) is 12.5 Å². The van der Waals surface area contributed by atoms with Gasteiger partial charge in [0.1, 0.15) is 5.82 Å². The van der Waals surface area contributed by atoms with Crippen LogP contribution < -0.4 is 0 Å². The Kier molecular flexibility index (Phi) is 3.41.